The number of halogens is 1. The van der Waals surface area contributed by atoms with Crippen molar-refractivity contribution in [1.82, 2.24) is 9.97 Å². The van der Waals surface area contributed by atoms with Gasteiger partial charge in [0.15, 0.2) is 0 Å². The maximum absolute atomic E-state index is 10.2. The first-order valence-corrected chi connectivity index (χ1v) is 7.47. The van der Waals surface area contributed by atoms with Crippen molar-refractivity contribution in [3.05, 3.63) is 16.5 Å². The van der Waals surface area contributed by atoms with Gasteiger partial charge in [0.1, 0.15) is 16.8 Å². The number of hydrogen-bond donors (Lipinski definition) is 2. The third kappa shape index (κ3) is 3.57. The molecule has 1 heterocycles. The molecule has 2 unspecified atom stereocenters. The van der Waals surface area contributed by atoms with E-state index in [9.17, 15) is 5.11 Å². The molecule has 2 atom stereocenters. The van der Waals surface area contributed by atoms with Crippen LogP contribution in [0.3, 0.4) is 0 Å². The second-order valence-electron chi connectivity index (χ2n) is 5.21. The average molecular weight is 284 g/mol. The summed E-state index contributed by atoms with van der Waals surface area (Å²) < 4.78 is 0. The highest BCUT2D eigenvalue weighted by atomic mass is 35.5. The van der Waals surface area contributed by atoms with E-state index in [1.165, 1.54) is 6.42 Å². The number of hydrogen-bond acceptors (Lipinski definition) is 4. The number of anilines is 1. The molecule has 0 aromatic carbocycles. The Morgan fingerprint density at radius 3 is 2.74 bits per heavy atom. The Bertz CT molecular complexity index is 439. The fourth-order valence-corrected chi connectivity index (χ4v) is 2.65. The summed E-state index contributed by atoms with van der Waals surface area (Å²) in [6.07, 6.45) is 5.72. The largest absolute Gasteiger partial charge is 0.391 e. The SMILES string of the molecule is CCc1nc(Cl)c(C)c(NC2CCCCCC2O)n1. The van der Waals surface area contributed by atoms with Crippen molar-refractivity contribution in [2.75, 3.05) is 5.32 Å². The second kappa shape index (κ2) is 6.53. The van der Waals surface area contributed by atoms with Crippen molar-refractivity contribution < 1.29 is 5.11 Å². The Morgan fingerprint density at radius 2 is 2.00 bits per heavy atom. The first-order chi connectivity index (χ1) is 9.11. The first kappa shape index (κ1) is 14.5. The smallest absolute Gasteiger partial charge is 0.137 e. The predicted molar refractivity (Wildman–Crippen MR) is 77.7 cm³/mol. The number of rotatable bonds is 3. The van der Waals surface area contributed by atoms with E-state index in [-0.39, 0.29) is 12.1 Å². The fraction of sp³-hybridized carbons (Fsp3) is 0.714. The van der Waals surface area contributed by atoms with Gasteiger partial charge in [-0.05, 0) is 19.8 Å². The van der Waals surface area contributed by atoms with Crippen LogP contribution in [0.1, 0.15) is 50.4 Å². The van der Waals surface area contributed by atoms with E-state index in [0.29, 0.717) is 5.15 Å². The van der Waals surface area contributed by atoms with Crippen molar-refractivity contribution in [1.29, 1.82) is 0 Å². The van der Waals surface area contributed by atoms with Crippen LogP contribution < -0.4 is 5.32 Å². The zero-order valence-corrected chi connectivity index (χ0v) is 12.4. The van der Waals surface area contributed by atoms with Gasteiger partial charge in [0.05, 0.1) is 12.1 Å². The highest BCUT2D eigenvalue weighted by Gasteiger charge is 2.23. The van der Waals surface area contributed by atoms with Crippen molar-refractivity contribution in [2.24, 2.45) is 0 Å². The summed E-state index contributed by atoms with van der Waals surface area (Å²) >= 11 is 6.13. The fourth-order valence-electron chi connectivity index (χ4n) is 2.46. The highest BCUT2D eigenvalue weighted by Crippen LogP contribution is 2.25. The number of aromatic nitrogens is 2. The standard InChI is InChI=1S/C14H22ClN3O/c1-3-12-17-13(15)9(2)14(18-12)16-10-7-5-4-6-8-11(10)19/h10-11,19H,3-8H2,1-2H3,(H,16,17,18). The summed E-state index contributed by atoms with van der Waals surface area (Å²) in [7, 11) is 0. The summed E-state index contributed by atoms with van der Waals surface area (Å²) in [5, 5.41) is 14.0. The minimum atomic E-state index is -0.305. The van der Waals surface area contributed by atoms with Gasteiger partial charge in [0.25, 0.3) is 0 Å². The summed E-state index contributed by atoms with van der Waals surface area (Å²) in [4.78, 5) is 8.73. The Hall–Kier alpha value is -0.870. The molecule has 1 fully saturated rings. The number of aliphatic hydroxyl groups excluding tert-OH is 1. The number of nitrogens with zero attached hydrogens (tertiary/aromatic N) is 2. The number of aliphatic hydroxyl groups is 1. The van der Waals surface area contributed by atoms with Crippen LogP contribution >= 0.6 is 11.6 Å². The van der Waals surface area contributed by atoms with E-state index in [2.05, 4.69) is 15.3 Å². The van der Waals surface area contributed by atoms with Crippen LogP contribution in [0.4, 0.5) is 5.82 Å². The molecule has 4 nitrogen and oxygen atoms in total. The lowest BCUT2D eigenvalue weighted by atomic mass is 10.1. The molecule has 0 amide bonds. The van der Waals surface area contributed by atoms with Crippen LogP contribution in [0.25, 0.3) is 0 Å². The zero-order valence-electron chi connectivity index (χ0n) is 11.6. The van der Waals surface area contributed by atoms with Crippen LogP contribution in [0, 0.1) is 6.92 Å². The van der Waals surface area contributed by atoms with Crippen molar-refractivity contribution in [2.45, 2.75) is 64.5 Å². The topological polar surface area (TPSA) is 58.0 Å². The molecule has 1 aliphatic rings. The quantitative estimate of drug-likeness (QED) is 0.661. The summed E-state index contributed by atoms with van der Waals surface area (Å²) in [6, 6.07) is 0.0665. The van der Waals surface area contributed by atoms with Gasteiger partial charge in [0, 0.05) is 12.0 Å². The van der Waals surface area contributed by atoms with Crippen LogP contribution in [-0.4, -0.2) is 27.2 Å². The zero-order chi connectivity index (χ0) is 13.8. The van der Waals surface area contributed by atoms with E-state index in [4.69, 9.17) is 11.6 Å². The minimum absolute atomic E-state index is 0.0665. The Balaban J connectivity index is 2.19. The lowest BCUT2D eigenvalue weighted by molar-refractivity contribution is 0.144. The molecule has 2 rings (SSSR count). The van der Waals surface area contributed by atoms with Crippen LogP contribution in [0.2, 0.25) is 5.15 Å². The Kier molecular flexibility index (Phi) is 4.99. The molecule has 5 heteroatoms. The van der Waals surface area contributed by atoms with Crippen molar-refractivity contribution in [3.8, 4) is 0 Å². The molecule has 0 spiro atoms. The van der Waals surface area contributed by atoms with Crippen molar-refractivity contribution in [3.63, 3.8) is 0 Å². The summed E-state index contributed by atoms with van der Waals surface area (Å²) in [6.45, 7) is 3.92. The molecular weight excluding hydrogens is 262 g/mol. The third-order valence-corrected chi connectivity index (χ3v) is 4.12. The molecule has 1 aromatic rings. The van der Waals surface area contributed by atoms with Gasteiger partial charge in [-0.1, -0.05) is 37.8 Å². The second-order valence-corrected chi connectivity index (χ2v) is 5.57. The molecule has 1 saturated carbocycles. The molecule has 0 saturated heterocycles. The molecule has 1 aliphatic carbocycles. The van der Waals surface area contributed by atoms with E-state index in [1.54, 1.807) is 0 Å². The maximum Gasteiger partial charge on any atom is 0.137 e. The summed E-state index contributed by atoms with van der Waals surface area (Å²) in [5.74, 6) is 1.50. The van der Waals surface area contributed by atoms with Crippen molar-refractivity contribution >= 4 is 17.4 Å². The van der Waals surface area contributed by atoms with Crippen LogP contribution in [0.15, 0.2) is 0 Å². The molecule has 1 aromatic heterocycles. The Labute approximate surface area is 119 Å². The highest BCUT2D eigenvalue weighted by molar-refractivity contribution is 6.30. The van der Waals surface area contributed by atoms with Gasteiger partial charge >= 0.3 is 0 Å². The van der Waals surface area contributed by atoms with E-state index in [0.717, 1.165) is 49.3 Å². The molecule has 2 N–H and O–H groups in total. The number of nitrogens with one attached hydrogen (secondary N) is 1. The average Bonchev–Trinajstić information content (AvgIpc) is 2.60. The number of aryl methyl sites for hydroxylation is 1. The molecule has 0 radical (unpaired) electrons. The van der Waals surface area contributed by atoms with Gasteiger partial charge in [0.2, 0.25) is 0 Å². The minimum Gasteiger partial charge on any atom is -0.391 e. The molecule has 0 bridgehead atoms. The van der Waals surface area contributed by atoms with E-state index < -0.39 is 0 Å². The third-order valence-electron chi connectivity index (χ3n) is 3.75. The van der Waals surface area contributed by atoms with Gasteiger partial charge in [-0.3, -0.25) is 0 Å². The molecule has 106 valence electrons. The maximum atomic E-state index is 10.2. The van der Waals surface area contributed by atoms with Gasteiger partial charge in [-0.2, -0.15) is 0 Å². The lowest BCUT2D eigenvalue weighted by Gasteiger charge is -2.23. The van der Waals surface area contributed by atoms with Crippen LogP contribution in [-0.2, 0) is 6.42 Å². The molecule has 0 aliphatic heterocycles. The Morgan fingerprint density at radius 1 is 1.26 bits per heavy atom. The molecular formula is C14H22ClN3O. The van der Waals surface area contributed by atoms with Crippen LogP contribution in [0.5, 0.6) is 0 Å². The normalized spacial score (nSPS) is 24.0. The van der Waals surface area contributed by atoms with Gasteiger partial charge < -0.3 is 10.4 Å². The summed E-state index contributed by atoms with van der Waals surface area (Å²) in [5.41, 5.74) is 0.857. The van der Waals surface area contributed by atoms with E-state index in [1.807, 2.05) is 13.8 Å². The van der Waals surface area contributed by atoms with Gasteiger partial charge in [-0.15, -0.1) is 0 Å². The molecule has 19 heavy (non-hydrogen) atoms. The predicted octanol–water partition coefficient (Wildman–Crippen LogP) is 3.11. The monoisotopic (exact) mass is 283 g/mol. The first-order valence-electron chi connectivity index (χ1n) is 7.09. The lowest BCUT2D eigenvalue weighted by Crippen LogP contribution is -2.33. The van der Waals surface area contributed by atoms with Gasteiger partial charge in [-0.25, -0.2) is 9.97 Å². The van der Waals surface area contributed by atoms with E-state index >= 15 is 0 Å².